The average molecular weight is 346 g/mol. The van der Waals surface area contributed by atoms with Crippen molar-refractivity contribution in [2.45, 2.75) is 25.8 Å². The molecule has 0 spiro atoms. The Morgan fingerprint density at radius 3 is 2.52 bits per heavy atom. The van der Waals surface area contributed by atoms with E-state index >= 15 is 0 Å². The number of amides is 1. The predicted octanol–water partition coefficient (Wildman–Crippen LogP) is 1.00. The molecule has 2 aliphatic heterocycles. The summed E-state index contributed by atoms with van der Waals surface area (Å²) >= 11 is 0. The number of hydrogen-bond acceptors (Lipinski definition) is 6. The Kier molecular flexibility index (Phi) is 5.53. The van der Waals surface area contributed by atoms with Gasteiger partial charge in [0.15, 0.2) is 0 Å². The van der Waals surface area contributed by atoms with E-state index in [1.165, 1.54) is 0 Å². The molecular formula is C18H26N4O3. The first-order chi connectivity index (χ1) is 12.1. The summed E-state index contributed by atoms with van der Waals surface area (Å²) in [7, 11) is 2.03. The maximum atomic E-state index is 12.6. The van der Waals surface area contributed by atoms with Gasteiger partial charge >= 0.3 is 5.97 Å². The molecule has 2 saturated heterocycles. The molecule has 7 nitrogen and oxygen atoms in total. The van der Waals surface area contributed by atoms with Crippen LogP contribution >= 0.6 is 0 Å². The summed E-state index contributed by atoms with van der Waals surface area (Å²) in [6.07, 6.45) is 3.62. The fraction of sp³-hybridized carbons (Fsp3) is 0.611. The van der Waals surface area contributed by atoms with Crippen LogP contribution in [0.5, 0.6) is 0 Å². The summed E-state index contributed by atoms with van der Waals surface area (Å²) in [6.45, 7) is 6.08. The topological polar surface area (TPSA) is 66.0 Å². The van der Waals surface area contributed by atoms with Crippen LogP contribution in [0.3, 0.4) is 0 Å². The smallest absolute Gasteiger partial charge is 0.339 e. The van der Waals surface area contributed by atoms with E-state index in [1.54, 1.807) is 19.2 Å². The minimum Gasteiger partial charge on any atom is -0.462 e. The van der Waals surface area contributed by atoms with Crippen LogP contribution in [0.15, 0.2) is 18.3 Å². The molecule has 2 aliphatic rings. The van der Waals surface area contributed by atoms with Gasteiger partial charge in [0.05, 0.1) is 18.2 Å². The number of carbonyl (C=O) groups excluding carboxylic acids is 2. The molecule has 2 fully saturated rings. The van der Waals surface area contributed by atoms with E-state index in [1.807, 2.05) is 18.0 Å². The van der Waals surface area contributed by atoms with E-state index < -0.39 is 0 Å². The number of carbonyl (C=O) groups is 2. The van der Waals surface area contributed by atoms with Gasteiger partial charge in [0, 0.05) is 32.4 Å². The molecule has 1 amide bonds. The molecule has 1 aromatic rings. The molecule has 1 unspecified atom stereocenters. The number of hydrogen-bond donors (Lipinski definition) is 0. The molecule has 0 saturated carbocycles. The van der Waals surface area contributed by atoms with E-state index in [0.717, 1.165) is 38.3 Å². The van der Waals surface area contributed by atoms with Gasteiger partial charge in [0.2, 0.25) is 5.91 Å². The Hall–Kier alpha value is -2.15. The summed E-state index contributed by atoms with van der Waals surface area (Å²) in [6, 6.07) is 3.63. The fourth-order valence-electron chi connectivity index (χ4n) is 3.50. The zero-order valence-corrected chi connectivity index (χ0v) is 15.0. The Bertz CT molecular complexity index is 611. The Morgan fingerprint density at radius 2 is 1.96 bits per heavy atom. The van der Waals surface area contributed by atoms with Crippen LogP contribution in [0, 0.1) is 0 Å². The number of pyridine rings is 1. The number of likely N-dealkylation sites (tertiary alicyclic amines) is 1. The predicted molar refractivity (Wildman–Crippen MR) is 94.6 cm³/mol. The van der Waals surface area contributed by atoms with Crippen LogP contribution in [0.4, 0.5) is 5.82 Å². The van der Waals surface area contributed by atoms with Crippen LogP contribution in [0.1, 0.15) is 30.1 Å². The number of anilines is 1. The van der Waals surface area contributed by atoms with Gasteiger partial charge in [-0.05, 0) is 45.5 Å². The van der Waals surface area contributed by atoms with Crippen LogP contribution < -0.4 is 4.90 Å². The number of likely N-dealkylation sites (N-methyl/N-ethyl adjacent to an activating group) is 1. The van der Waals surface area contributed by atoms with Crippen molar-refractivity contribution in [2.24, 2.45) is 0 Å². The third kappa shape index (κ3) is 3.92. The highest BCUT2D eigenvalue weighted by atomic mass is 16.5. The van der Waals surface area contributed by atoms with Gasteiger partial charge in [0.1, 0.15) is 5.82 Å². The zero-order valence-electron chi connectivity index (χ0n) is 15.0. The first-order valence-corrected chi connectivity index (χ1v) is 8.97. The van der Waals surface area contributed by atoms with Gasteiger partial charge in [-0.25, -0.2) is 9.78 Å². The van der Waals surface area contributed by atoms with Gasteiger partial charge in [-0.2, -0.15) is 0 Å². The van der Waals surface area contributed by atoms with Crippen molar-refractivity contribution in [1.29, 1.82) is 0 Å². The molecule has 0 aromatic carbocycles. The first kappa shape index (κ1) is 17.7. The Balaban J connectivity index is 1.55. The highest BCUT2D eigenvalue weighted by Gasteiger charge is 2.32. The molecule has 3 heterocycles. The standard InChI is InChI=1S/C18H26N4O3/c1-3-25-18(24)14-6-7-16(19-13-14)21-9-11-22(12-10-21)17(23)15-5-4-8-20(15)2/h6-7,13,15H,3-5,8-12H2,1-2H3. The number of aromatic nitrogens is 1. The lowest BCUT2D eigenvalue weighted by Gasteiger charge is -2.37. The van der Waals surface area contributed by atoms with Crippen LogP contribution in [0.2, 0.25) is 0 Å². The zero-order chi connectivity index (χ0) is 17.8. The Morgan fingerprint density at radius 1 is 1.20 bits per heavy atom. The van der Waals surface area contributed by atoms with Gasteiger partial charge in [-0.1, -0.05) is 0 Å². The van der Waals surface area contributed by atoms with Crippen molar-refractivity contribution in [3.8, 4) is 0 Å². The quantitative estimate of drug-likeness (QED) is 0.758. The number of ether oxygens (including phenoxy) is 1. The van der Waals surface area contributed by atoms with Crippen LogP contribution in [-0.2, 0) is 9.53 Å². The van der Waals surface area contributed by atoms with E-state index in [2.05, 4.69) is 14.8 Å². The summed E-state index contributed by atoms with van der Waals surface area (Å²) in [4.78, 5) is 35.0. The summed E-state index contributed by atoms with van der Waals surface area (Å²) in [5, 5.41) is 0. The van der Waals surface area contributed by atoms with Crippen molar-refractivity contribution in [3.63, 3.8) is 0 Å². The van der Waals surface area contributed by atoms with Crippen molar-refractivity contribution >= 4 is 17.7 Å². The molecule has 0 N–H and O–H groups in total. The van der Waals surface area contributed by atoms with E-state index in [9.17, 15) is 9.59 Å². The molecular weight excluding hydrogens is 320 g/mol. The van der Waals surface area contributed by atoms with Crippen molar-refractivity contribution in [2.75, 3.05) is 51.3 Å². The highest BCUT2D eigenvalue weighted by Crippen LogP contribution is 2.19. The minimum absolute atomic E-state index is 0.0496. The lowest BCUT2D eigenvalue weighted by molar-refractivity contribution is -0.135. The van der Waals surface area contributed by atoms with Gasteiger partial charge < -0.3 is 14.5 Å². The molecule has 136 valence electrons. The van der Waals surface area contributed by atoms with Crippen molar-refractivity contribution in [1.82, 2.24) is 14.8 Å². The second-order valence-corrected chi connectivity index (χ2v) is 6.58. The number of esters is 1. The van der Waals surface area contributed by atoms with Crippen molar-refractivity contribution < 1.29 is 14.3 Å². The van der Waals surface area contributed by atoms with Crippen LogP contribution in [0.25, 0.3) is 0 Å². The maximum Gasteiger partial charge on any atom is 0.339 e. The van der Waals surface area contributed by atoms with Gasteiger partial charge in [-0.15, -0.1) is 0 Å². The lowest BCUT2D eigenvalue weighted by Crippen LogP contribution is -2.53. The molecule has 7 heteroatoms. The lowest BCUT2D eigenvalue weighted by atomic mass is 10.1. The van der Waals surface area contributed by atoms with E-state index in [4.69, 9.17) is 4.74 Å². The first-order valence-electron chi connectivity index (χ1n) is 8.97. The maximum absolute atomic E-state index is 12.6. The third-order valence-corrected chi connectivity index (χ3v) is 4.98. The van der Waals surface area contributed by atoms with Gasteiger partial charge in [-0.3, -0.25) is 9.69 Å². The molecule has 1 atom stereocenters. The van der Waals surface area contributed by atoms with Crippen molar-refractivity contribution in [3.05, 3.63) is 23.9 Å². The molecule has 3 rings (SSSR count). The third-order valence-electron chi connectivity index (χ3n) is 4.98. The average Bonchev–Trinajstić information content (AvgIpc) is 3.07. The van der Waals surface area contributed by atoms with Crippen LogP contribution in [-0.4, -0.2) is 79.1 Å². The molecule has 0 radical (unpaired) electrons. The van der Waals surface area contributed by atoms with Gasteiger partial charge in [0.25, 0.3) is 0 Å². The summed E-state index contributed by atoms with van der Waals surface area (Å²) in [5.41, 5.74) is 0.462. The summed E-state index contributed by atoms with van der Waals surface area (Å²) in [5.74, 6) is 0.737. The monoisotopic (exact) mass is 346 g/mol. The van der Waals surface area contributed by atoms with E-state index in [-0.39, 0.29) is 17.9 Å². The molecule has 0 aliphatic carbocycles. The molecule has 25 heavy (non-hydrogen) atoms. The molecule has 1 aromatic heterocycles. The Labute approximate surface area is 148 Å². The number of rotatable bonds is 4. The molecule has 0 bridgehead atoms. The normalized spacial score (nSPS) is 21.4. The number of nitrogens with zero attached hydrogens (tertiary/aromatic N) is 4. The fourth-order valence-corrected chi connectivity index (χ4v) is 3.50. The SMILES string of the molecule is CCOC(=O)c1ccc(N2CCN(C(=O)C3CCCN3C)CC2)nc1. The number of piperazine rings is 1. The largest absolute Gasteiger partial charge is 0.462 e. The second kappa shape index (κ2) is 7.82. The highest BCUT2D eigenvalue weighted by molar-refractivity contribution is 5.89. The second-order valence-electron chi connectivity index (χ2n) is 6.58. The van der Waals surface area contributed by atoms with E-state index in [0.29, 0.717) is 25.3 Å². The minimum atomic E-state index is -0.349. The summed E-state index contributed by atoms with van der Waals surface area (Å²) < 4.78 is 4.97.